The van der Waals surface area contributed by atoms with Crippen LogP contribution in [0, 0.1) is 0 Å². The molecular weight excluding hydrogens is 451 g/mol. The van der Waals surface area contributed by atoms with Gasteiger partial charge in [-0.05, 0) is 12.8 Å². The molecule has 26 heavy (non-hydrogen) atoms. The first-order valence-corrected chi connectivity index (χ1v) is 8.46. The number of piperidine rings is 1. The average molecular weight is 480 g/mol. The summed E-state index contributed by atoms with van der Waals surface area (Å²) in [5.41, 5.74) is -0.168. The van der Waals surface area contributed by atoms with Crippen molar-refractivity contribution in [1.82, 2.24) is 25.7 Å². The summed E-state index contributed by atoms with van der Waals surface area (Å²) in [5, 5.41) is 10.5. The highest BCUT2D eigenvalue weighted by molar-refractivity contribution is 14.0. The summed E-state index contributed by atoms with van der Waals surface area (Å²) in [6, 6.07) is 0.252. The number of likely N-dealkylation sites (tertiary alicyclic amines) is 1. The van der Waals surface area contributed by atoms with Crippen molar-refractivity contribution in [1.29, 1.82) is 0 Å². The van der Waals surface area contributed by atoms with E-state index >= 15 is 0 Å². The third-order valence-corrected chi connectivity index (χ3v) is 4.02. The molecule has 0 atom stereocenters. The number of amides is 1. The number of methoxy groups -OCH3 is 1. The van der Waals surface area contributed by atoms with E-state index in [0.717, 1.165) is 12.8 Å². The molecule has 1 aliphatic heterocycles. The van der Waals surface area contributed by atoms with Gasteiger partial charge in [-0.3, -0.25) is 4.99 Å². The molecule has 1 aromatic rings. The zero-order chi connectivity index (χ0) is 18.4. The molecule has 0 aromatic carbocycles. The molecule has 0 bridgehead atoms. The monoisotopic (exact) mass is 480 g/mol. The van der Waals surface area contributed by atoms with Gasteiger partial charge in [-0.2, -0.15) is 4.98 Å². The molecule has 0 spiro atoms. The first kappa shape index (κ1) is 22.5. The number of nitrogens with one attached hydrogen (secondary N) is 2. The van der Waals surface area contributed by atoms with Gasteiger partial charge in [0, 0.05) is 31.6 Å². The number of carbonyl (C=O) groups is 1. The molecule has 2 rings (SSSR count). The van der Waals surface area contributed by atoms with E-state index in [2.05, 4.69) is 25.8 Å². The summed E-state index contributed by atoms with van der Waals surface area (Å²) in [7, 11) is 3.12. The van der Waals surface area contributed by atoms with Crippen LogP contribution in [-0.4, -0.2) is 60.4 Å². The molecule has 9 nitrogen and oxygen atoms in total. The fraction of sp³-hybridized carbons (Fsp3) is 0.750. The number of ether oxygens (including phenoxy) is 1. The lowest BCUT2D eigenvalue weighted by Crippen LogP contribution is -2.49. The largest absolute Gasteiger partial charge is 0.453 e. The minimum atomic E-state index is -0.271. The smallest absolute Gasteiger partial charge is 0.409 e. The van der Waals surface area contributed by atoms with Gasteiger partial charge in [0.1, 0.15) is 0 Å². The highest BCUT2D eigenvalue weighted by atomic mass is 127. The second-order valence-electron chi connectivity index (χ2n) is 7.07. The Balaban J connectivity index is 0.00000338. The van der Waals surface area contributed by atoms with E-state index in [1.807, 2.05) is 20.8 Å². The highest BCUT2D eigenvalue weighted by Crippen LogP contribution is 2.19. The van der Waals surface area contributed by atoms with Crippen molar-refractivity contribution in [3.8, 4) is 0 Å². The molecule has 10 heteroatoms. The molecule has 0 aliphatic carbocycles. The Morgan fingerprint density at radius 2 is 2.04 bits per heavy atom. The van der Waals surface area contributed by atoms with Crippen molar-refractivity contribution in [3.63, 3.8) is 0 Å². The molecule has 1 amide bonds. The minimum absolute atomic E-state index is 0. The fourth-order valence-corrected chi connectivity index (χ4v) is 2.52. The van der Waals surface area contributed by atoms with Gasteiger partial charge in [0.2, 0.25) is 5.89 Å². The Labute approximate surface area is 171 Å². The lowest BCUT2D eigenvalue weighted by Gasteiger charge is -2.32. The van der Waals surface area contributed by atoms with Gasteiger partial charge in [-0.25, -0.2) is 4.79 Å². The zero-order valence-corrected chi connectivity index (χ0v) is 18.4. The Bertz CT molecular complexity index is 605. The summed E-state index contributed by atoms with van der Waals surface area (Å²) in [6.07, 6.45) is 1.41. The summed E-state index contributed by atoms with van der Waals surface area (Å²) in [6.45, 7) is 7.85. The van der Waals surface area contributed by atoms with Crippen LogP contribution in [0.5, 0.6) is 0 Å². The zero-order valence-electron chi connectivity index (χ0n) is 16.0. The van der Waals surface area contributed by atoms with Crippen LogP contribution < -0.4 is 10.6 Å². The number of halogens is 1. The van der Waals surface area contributed by atoms with Crippen LogP contribution in [0.25, 0.3) is 0 Å². The first-order valence-electron chi connectivity index (χ1n) is 8.46. The number of aliphatic imine (C=N–C) groups is 1. The molecule has 1 aromatic heterocycles. The minimum Gasteiger partial charge on any atom is -0.453 e. The molecule has 0 radical (unpaired) electrons. The molecule has 1 saturated heterocycles. The lowest BCUT2D eigenvalue weighted by atomic mass is 9.97. The normalized spacial score (nSPS) is 16.0. The van der Waals surface area contributed by atoms with E-state index in [1.165, 1.54) is 7.11 Å². The second kappa shape index (κ2) is 9.93. The number of hydrogen-bond donors (Lipinski definition) is 2. The quantitative estimate of drug-likeness (QED) is 0.387. The van der Waals surface area contributed by atoms with Crippen LogP contribution in [0.1, 0.15) is 45.3 Å². The SMILES string of the molecule is CN=C(NCc1noc(C(C)(C)C)n1)NC1CCN(C(=O)OC)CC1.I. The standard InChI is InChI=1S/C16H28N6O3.HI/c1-16(2,3)13-20-12(21-25-13)10-18-14(17-4)19-11-6-8-22(9-7-11)15(23)24-5;/h11H,6-10H2,1-5H3,(H2,17,18,19);1H. The third-order valence-electron chi connectivity index (χ3n) is 4.02. The van der Waals surface area contributed by atoms with Crippen LogP contribution >= 0.6 is 24.0 Å². The molecule has 2 heterocycles. The number of guanidine groups is 1. The summed E-state index contributed by atoms with van der Waals surface area (Å²) < 4.78 is 10.0. The van der Waals surface area contributed by atoms with Gasteiger partial charge in [0.15, 0.2) is 11.8 Å². The van der Waals surface area contributed by atoms with Crippen molar-refractivity contribution < 1.29 is 14.1 Å². The molecule has 0 saturated carbocycles. The Kier molecular flexibility index (Phi) is 8.57. The van der Waals surface area contributed by atoms with E-state index in [0.29, 0.717) is 37.3 Å². The maximum absolute atomic E-state index is 11.5. The van der Waals surface area contributed by atoms with Gasteiger partial charge in [-0.15, -0.1) is 24.0 Å². The van der Waals surface area contributed by atoms with Gasteiger partial charge in [0.25, 0.3) is 0 Å². The lowest BCUT2D eigenvalue weighted by molar-refractivity contribution is 0.111. The van der Waals surface area contributed by atoms with Crippen LogP contribution in [0.3, 0.4) is 0 Å². The van der Waals surface area contributed by atoms with Crippen LogP contribution in [0.2, 0.25) is 0 Å². The number of rotatable bonds is 3. The summed E-state index contributed by atoms with van der Waals surface area (Å²) in [4.78, 5) is 21.8. The average Bonchev–Trinajstić information content (AvgIpc) is 3.08. The summed E-state index contributed by atoms with van der Waals surface area (Å²) in [5.74, 6) is 1.88. The fourth-order valence-electron chi connectivity index (χ4n) is 2.52. The number of hydrogen-bond acceptors (Lipinski definition) is 6. The Morgan fingerprint density at radius 3 is 2.54 bits per heavy atom. The highest BCUT2D eigenvalue weighted by Gasteiger charge is 2.24. The van der Waals surface area contributed by atoms with Gasteiger partial charge < -0.3 is 24.8 Å². The van der Waals surface area contributed by atoms with Gasteiger partial charge in [0.05, 0.1) is 13.7 Å². The van der Waals surface area contributed by atoms with Crippen LogP contribution in [0.4, 0.5) is 4.79 Å². The van der Waals surface area contributed by atoms with Gasteiger partial charge in [-0.1, -0.05) is 25.9 Å². The number of aromatic nitrogens is 2. The van der Waals surface area contributed by atoms with E-state index in [4.69, 9.17) is 9.26 Å². The third kappa shape index (κ3) is 6.29. The summed E-state index contributed by atoms with van der Waals surface area (Å²) >= 11 is 0. The molecule has 2 N–H and O–H groups in total. The predicted octanol–water partition coefficient (Wildman–Crippen LogP) is 1.88. The van der Waals surface area contributed by atoms with Crippen molar-refractivity contribution in [2.24, 2.45) is 4.99 Å². The molecule has 148 valence electrons. The Morgan fingerprint density at radius 1 is 1.38 bits per heavy atom. The first-order chi connectivity index (χ1) is 11.8. The van der Waals surface area contributed by atoms with Crippen LogP contribution in [-0.2, 0) is 16.7 Å². The van der Waals surface area contributed by atoms with E-state index < -0.39 is 0 Å². The van der Waals surface area contributed by atoms with Crippen molar-refractivity contribution in [2.75, 3.05) is 27.2 Å². The van der Waals surface area contributed by atoms with E-state index in [1.54, 1.807) is 11.9 Å². The van der Waals surface area contributed by atoms with E-state index in [-0.39, 0.29) is 41.5 Å². The maximum Gasteiger partial charge on any atom is 0.409 e. The number of nitrogens with zero attached hydrogens (tertiary/aromatic N) is 4. The Hall–Kier alpha value is -1.59. The maximum atomic E-state index is 11.5. The van der Waals surface area contributed by atoms with Crippen molar-refractivity contribution >= 4 is 36.0 Å². The van der Waals surface area contributed by atoms with E-state index in [9.17, 15) is 4.79 Å². The van der Waals surface area contributed by atoms with Gasteiger partial charge >= 0.3 is 6.09 Å². The molecule has 1 fully saturated rings. The number of carbonyl (C=O) groups excluding carboxylic acids is 1. The predicted molar refractivity (Wildman–Crippen MR) is 109 cm³/mol. The second-order valence-corrected chi connectivity index (χ2v) is 7.07. The molecule has 1 aliphatic rings. The topological polar surface area (TPSA) is 105 Å². The van der Waals surface area contributed by atoms with Crippen molar-refractivity contribution in [3.05, 3.63) is 11.7 Å². The van der Waals surface area contributed by atoms with Crippen LogP contribution in [0.15, 0.2) is 9.52 Å². The van der Waals surface area contributed by atoms with Crippen molar-refractivity contribution in [2.45, 2.75) is 51.6 Å². The molecule has 0 unspecified atom stereocenters. The molecular formula is C16H29IN6O3.